The Labute approximate surface area is 121 Å². The van der Waals surface area contributed by atoms with Crippen LogP contribution < -0.4 is 15.0 Å². The van der Waals surface area contributed by atoms with Crippen molar-refractivity contribution in [2.24, 2.45) is 5.92 Å². The van der Waals surface area contributed by atoms with Gasteiger partial charge >= 0.3 is 0 Å². The van der Waals surface area contributed by atoms with Crippen molar-refractivity contribution >= 4 is 23.1 Å². The summed E-state index contributed by atoms with van der Waals surface area (Å²) in [6.45, 7) is 0.693. The highest BCUT2D eigenvalue weighted by Crippen LogP contribution is 2.32. The van der Waals surface area contributed by atoms with Crippen molar-refractivity contribution in [3.05, 3.63) is 27.3 Å². The molecule has 0 atom stereocenters. The quantitative estimate of drug-likeness (QED) is 0.880. The van der Waals surface area contributed by atoms with Crippen LogP contribution in [0.2, 0.25) is 0 Å². The van der Waals surface area contributed by atoms with Crippen molar-refractivity contribution in [2.75, 3.05) is 14.2 Å². The van der Waals surface area contributed by atoms with Gasteiger partial charge in [0.25, 0.3) is 5.56 Å². The number of benzene rings is 1. The van der Waals surface area contributed by atoms with Gasteiger partial charge in [-0.1, -0.05) is 0 Å². The molecule has 2 aromatic rings. The third-order valence-electron chi connectivity index (χ3n) is 3.62. The van der Waals surface area contributed by atoms with Crippen molar-refractivity contribution in [2.45, 2.75) is 19.4 Å². The van der Waals surface area contributed by atoms with E-state index in [0.717, 1.165) is 0 Å². The minimum atomic E-state index is -0.0726. The summed E-state index contributed by atoms with van der Waals surface area (Å²) in [6, 6.07) is 3.44. The summed E-state index contributed by atoms with van der Waals surface area (Å²) in [7, 11) is 3.12. The van der Waals surface area contributed by atoms with Gasteiger partial charge in [0, 0.05) is 12.6 Å². The van der Waals surface area contributed by atoms with E-state index in [2.05, 4.69) is 4.98 Å². The molecule has 0 bridgehead atoms. The molecule has 0 unspecified atom stereocenters. The highest BCUT2D eigenvalue weighted by atomic mass is 32.1. The van der Waals surface area contributed by atoms with E-state index in [9.17, 15) is 4.79 Å². The number of nitrogens with zero attached hydrogens (tertiary/aromatic N) is 1. The van der Waals surface area contributed by atoms with Crippen molar-refractivity contribution in [3.8, 4) is 11.5 Å². The van der Waals surface area contributed by atoms with Gasteiger partial charge in [0.05, 0.1) is 25.1 Å². The summed E-state index contributed by atoms with van der Waals surface area (Å²) in [4.78, 5) is 15.7. The minimum absolute atomic E-state index is 0.0726. The lowest BCUT2D eigenvalue weighted by Crippen LogP contribution is -2.23. The maximum absolute atomic E-state index is 12.6. The van der Waals surface area contributed by atoms with Crippen LogP contribution in [-0.2, 0) is 6.54 Å². The van der Waals surface area contributed by atoms with E-state index in [1.807, 2.05) is 0 Å². The molecule has 3 rings (SSSR count). The van der Waals surface area contributed by atoms with Gasteiger partial charge in [0.1, 0.15) is 0 Å². The van der Waals surface area contributed by atoms with E-state index in [-0.39, 0.29) is 5.56 Å². The van der Waals surface area contributed by atoms with Crippen molar-refractivity contribution in [1.82, 2.24) is 9.55 Å². The zero-order chi connectivity index (χ0) is 14.3. The monoisotopic (exact) mass is 292 g/mol. The average molecular weight is 292 g/mol. The van der Waals surface area contributed by atoms with Crippen LogP contribution in [0.4, 0.5) is 0 Å². The molecule has 106 valence electrons. The Morgan fingerprint density at radius 3 is 2.55 bits per heavy atom. The Bertz CT molecular complexity index is 774. The van der Waals surface area contributed by atoms with Crippen molar-refractivity contribution < 1.29 is 9.47 Å². The lowest BCUT2D eigenvalue weighted by Gasteiger charge is -2.11. The summed E-state index contributed by atoms with van der Waals surface area (Å²) in [6.07, 6.45) is 2.34. The minimum Gasteiger partial charge on any atom is -0.493 e. The van der Waals surface area contributed by atoms with Crippen LogP contribution in [0.15, 0.2) is 16.9 Å². The molecule has 0 spiro atoms. The van der Waals surface area contributed by atoms with Gasteiger partial charge in [-0.25, -0.2) is 0 Å². The van der Waals surface area contributed by atoms with Crippen LogP contribution in [0.5, 0.6) is 11.5 Å². The number of aromatic nitrogens is 2. The Morgan fingerprint density at radius 1 is 1.30 bits per heavy atom. The molecule has 20 heavy (non-hydrogen) atoms. The van der Waals surface area contributed by atoms with Gasteiger partial charge < -0.3 is 14.5 Å². The number of H-pyrrole nitrogens is 1. The number of nitrogens with one attached hydrogen (secondary N) is 1. The fraction of sp³-hybridized carbons (Fsp3) is 0.429. The summed E-state index contributed by atoms with van der Waals surface area (Å²) in [5, 5.41) is 0.567. The first-order valence-electron chi connectivity index (χ1n) is 6.53. The Hall–Kier alpha value is -1.82. The molecule has 1 N–H and O–H groups in total. The molecule has 0 saturated heterocycles. The van der Waals surface area contributed by atoms with Crippen molar-refractivity contribution in [3.63, 3.8) is 0 Å². The van der Waals surface area contributed by atoms with E-state index in [1.165, 1.54) is 12.8 Å². The normalized spacial score (nSPS) is 14.5. The predicted octanol–water partition coefficient (Wildman–Crippen LogP) is 2.49. The number of hydrogen-bond acceptors (Lipinski definition) is 4. The van der Waals surface area contributed by atoms with Gasteiger partial charge in [0.2, 0.25) is 0 Å². The number of ether oxygens (including phenoxy) is 2. The first-order valence-corrected chi connectivity index (χ1v) is 6.93. The highest BCUT2D eigenvalue weighted by molar-refractivity contribution is 7.71. The molecule has 1 aromatic carbocycles. The molecule has 5 nitrogen and oxygen atoms in total. The lowest BCUT2D eigenvalue weighted by atomic mass is 10.2. The third kappa shape index (κ3) is 2.20. The molecule has 1 aliphatic carbocycles. The molecule has 0 radical (unpaired) electrons. The van der Waals surface area contributed by atoms with Crippen LogP contribution in [-0.4, -0.2) is 23.8 Å². The summed E-state index contributed by atoms with van der Waals surface area (Å²) < 4.78 is 12.6. The molecule has 1 aromatic heterocycles. The molecule has 6 heteroatoms. The second-order valence-electron chi connectivity index (χ2n) is 5.04. The van der Waals surface area contributed by atoms with Crippen molar-refractivity contribution in [1.29, 1.82) is 0 Å². The highest BCUT2D eigenvalue weighted by Gasteiger charge is 2.23. The van der Waals surface area contributed by atoms with Gasteiger partial charge in [-0.3, -0.25) is 9.36 Å². The number of fused-ring (bicyclic) bond motifs is 1. The number of rotatable bonds is 4. The molecular weight excluding hydrogens is 276 g/mol. The second-order valence-corrected chi connectivity index (χ2v) is 5.43. The first kappa shape index (κ1) is 13.2. The standard InChI is InChI=1S/C14H16N2O3S/c1-18-11-5-9-10(6-12(11)19-2)15-14(20)16(13(9)17)7-8-3-4-8/h5-6,8H,3-4,7H2,1-2H3,(H,15,20). The molecule has 1 heterocycles. The lowest BCUT2D eigenvalue weighted by molar-refractivity contribution is 0.355. The summed E-state index contributed by atoms with van der Waals surface area (Å²) >= 11 is 5.29. The summed E-state index contributed by atoms with van der Waals surface area (Å²) in [5.74, 6) is 1.70. The summed E-state index contributed by atoms with van der Waals surface area (Å²) in [5.41, 5.74) is 0.598. The largest absolute Gasteiger partial charge is 0.493 e. The van der Waals surface area contributed by atoms with Crippen LogP contribution >= 0.6 is 12.2 Å². The third-order valence-corrected chi connectivity index (χ3v) is 3.95. The van der Waals surface area contributed by atoms with E-state index in [1.54, 1.807) is 30.9 Å². The Morgan fingerprint density at radius 2 is 1.95 bits per heavy atom. The number of aromatic amines is 1. The van der Waals surface area contributed by atoms with Crippen LogP contribution in [0.1, 0.15) is 12.8 Å². The van der Waals surface area contributed by atoms with E-state index < -0.39 is 0 Å². The fourth-order valence-electron chi connectivity index (χ4n) is 2.30. The molecular formula is C14H16N2O3S. The van der Waals surface area contributed by atoms with Gasteiger partial charge in [-0.2, -0.15) is 0 Å². The fourth-order valence-corrected chi connectivity index (χ4v) is 2.57. The predicted molar refractivity (Wildman–Crippen MR) is 79.2 cm³/mol. The molecule has 0 aliphatic heterocycles. The molecule has 1 aliphatic rings. The number of hydrogen-bond donors (Lipinski definition) is 1. The zero-order valence-electron chi connectivity index (χ0n) is 11.4. The van der Waals surface area contributed by atoms with Crippen LogP contribution in [0, 0.1) is 10.7 Å². The van der Waals surface area contributed by atoms with Gasteiger partial charge in [0.15, 0.2) is 16.3 Å². The Kier molecular flexibility index (Phi) is 3.25. The van der Waals surface area contributed by atoms with E-state index in [0.29, 0.717) is 39.6 Å². The average Bonchev–Trinajstić information content (AvgIpc) is 3.26. The number of methoxy groups -OCH3 is 2. The van der Waals surface area contributed by atoms with Crippen LogP contribution in [0.25, 0.3) is 10.9 Å². The molecule has 0 amide bonds. The maximum atomic E-state index is 12.6. The first-order chi connectivity index (χ1) is 9.63. The zero-order valence-corrected chi connectivity index (χ0v) is 12.3. The SMILES string of the molecule is COc1cc2[nH]c(=S)n(CC3CC3)c(=O)c2cc1OC. The molecule has 1 fully saturated rings. The topological polar surface area (TPSA) is 56.2 Å². The van der Waals surface area contributed by atoms with Crippen LogP contribution in [0.3, 0.4) is 0 Å². The maximum Gasteiger partial charge on any atom is 0.262 e. The Balaban J connectivity index is 2.25. The molecule has 1 saturated carbocycles. The second kappa shape index (κ2) is 4.94. The van der Waals surface area contributed by atoms with E-state index >= 15 is 0 Å². The van der Waals surface area contributed by atoms with Gasteiger partial charge in [-0.15, -0.1) is 0 Å². The van der Waals surface area contributed by atoms with Gasteiger partial charge in [-0.05, 0) is 37.0 Å². The smallest absolute Gasteiger partial charge is 0.262 e. The van der Waals surface area contributed by atoms with E-state index in [4.69, 9.17) is 21.7 Å².